The van der Waals surface area contributed by atoms with E-state index >= 15 is 0 Å². The first kappa shape index (κ1) is 13.4. The lowest BCUT2D eigenvalue weighted by molar-refractivity contribution is -0.142. The fraction of sp³-hybridized carbons (Fsp3) is 0.500. The van der Waals surface area contributed by atoms with Crippen molar-refractivity contribution in [3.05, 3.63) is 23.9 Å². The second-order valence-electron chi connectivity index (χ2n) is 3.64. The third-order valence-corrected chi connectivity index (χ3v) is 2.45. The van der Waals surface area contributed by atoms with Gasteiger partial charge in [0, 0.05) is 19.9 Å². The van der Waals surface area contributed by atoms with E-state index < -0.39 is 0 Å². The third-order valence-electron chi connectivity index (χ3n) is 2.45. The van der Waals surface area contributed by atoms with Crippen molar-refractivity contribution in [1.82, 2.24) is 4.98 Å². The highest BCUT2D eigenvalue weighted by molar-refractivity contribution is 5.77. The molecule has 0 saturated heterocycles. The summed E-state index contributed by atoms with van der Waals surface area (Å²) >= 11 is 0. The maximum atomic E-state index is 11.3. The van der Waals surface area contributed by atoms with Gasteiger partial charge in [-0.1, -0.05) is 6.07 Å². The van der Waals surface area contributed by atoms with Gasteiger partial charge in [-0.25, -0.2) is 4.98 Å². The number of hydrogen-bond donors (Lipinski definition) is 1. The molecule has 0 fully saturated rings. The maximum absolute atomic E-state index is 11.3. The van der Waals surface area contributed by atoms with Crippen LogP contribution in [0.25, 0.3) is 0 Å². The molecule has 0 bridgehead atoms. The summed E-state index contributed by atoms with van der Waals surface area (Å²) < 4.78 is 9.60. The first-order chi connectivity index (χ1) is 8.19. The molecular weight excluding hydrogens is 220 g/mol. The Kier molecular flexibility index (Phi) is 5.42. The average Bonchev–Trinajstić information content (AvgIpc) is 2.38. The number of carbonyl (C=O) groups is 1. The number of carbonyl (C=O) groups excluding carboxylic acids is 1. The maximum Gasteiger partial charge on any atom is 0.312 e. The van der Waals surface area contributed by atoms with Crippen LogP contribution in [0, 0.1) is 0 Å². The summed E-state index contributed by atoms with van der Waals surface area (Å²) in [5.74, 6) is 0.218. The lowest BCUT2D eigenvalue weighted by Crippen LogP contribution is -2.12. The van der Waals surface area contributed by atoms with Crippen molar-refractivity contribution in [3.63, 3.8) is 0 Å². The Morgan fingerprint density at radius 3 is 2.76 bits per heavy atom. The Hall–Kier alpha value is -1.62. The van der Waals surface area contributed by atoms with Crippen LogP contribution < -0.4 is 5.32 Å². The minimum atomic E-state index is -0.291. The molecule has 0 unspecified atom stereocenters. The lowest BCUT2D eigenvalue weighted by Gasteiger charge is -2.10. The van der Waals surface area contributed by atoms with Gasteiger partial charge in [0.25, 0.3) is 0 Å². The second-order valence-corrected chi connectivity index (χ2v) is 3.64. The van der Waals surface area contributed by atoms with Gasteiger partial charge in [-0.2, -0.15) is 0 Å². The van der Waals surface area contributed by atoms with Crippen molar-refractivity contribution in [2.45, 2.75) is 12.8 Å². The summed E-state index contributed by atoms with van der Waals surface area (Å²) in [7, 11) is 3.03. The molecule has 1 aromatic rings. The predicted octanol–water partition coefficient (Wildman–Crippen LogP) is 1.42. The molecule has 0 amide bonds. The number of nitrogens with zero attached hydrogens (tertiary/aromatic N) is 1. The zero-order valence-corrected chi connectivity index (χ0v) is 10.4. The van der Waals surface area contributed by atoms with Crippen molar-refractivity contribution in [1.29, 1.82) is 0 Å². The van der Waals surface area contributed by atoms with Crippen molar-refractivity contribution < 1.29 is 14.3 Å². The zero-order valence-electron chi connectivity index (χ0n) is 10.4. The van der Waals surface area contributed by atoms with Crippen LogP contribution in [0.1, 0.15) is 18.4 Å². The van der Waals surface area contributed by atoms with E-state index in [-0.39, 0.29) is 11.9 Å². The predicted molar refractivity (Wildman–Crippen MR) is 65.0 cm³/mol. The standard InChI is InChI=1S/C12H18N2O3/c1-9(12(15)17-3)10-4-5-11(14-8-10)13-6-7-16-2/h4-5,8-9H,6-7H2,1-3H3,(H,13,14)/t9-/m1/s1. The number of methoxy groups -OCH3 is 2. The van der Waals surface area contributed by atoms with Crippen LogP contribution in [0.15, 0.2) is 18.3 Å². The van der Waals surface area contributed by atoms with E-state index in [4.69, 9.17) is 4.74 Å². The first-order valence-corrected chi connectivity index (χ1v) is 5.45. The zero-order chi connectivity index (χ0) is 12.7. The number of hydrogen-bond acceptors (Lipinski definition) is 5. The van der Waals surface area contributed by atoms with Gasteiger partial charge in [0.2, 0.25) is 0 Å². The molecule has 0 aromatic carbocycles. The van der Waals surface area contributed by atoms with Crippen molar-refractivity contribution in [2.24, 2.45) is 0 Å². The first-order valence-electron chi connectivity index (χ1n) is 5.45. The highest BCUT2D eigenvalue weighted by Gasteiger charge is 2.15. The molecule has 5 heteroatoms. The van der Waals surface area contributed by atoms with Gasteiger partial charge in [0.1, 0.15) is 5.82 Å². The van der Waals surface area contributed by atoms with Crippen LogP contribution in [0.4, 0.5) is 5.82 Å². The fourth-order valence-corrected chi connectivity index (χ4v) is 1.36. The number of aromatic nitrogens is 1. The largest absolute Gasteiger partial charge is 0.469 e. The third kappa shape index (κ3) is 4.03. The fourth-order valence-electron chi connectivity index (χ4n) is 1.36. The van der Waals surface area contributed by atoms with E-state index in [0.29, 0.717) is 13.2 Å². The van der Waals surface area contributed by atoms with Crippen LogP contribution in [-0.4, -0.2) is 38.3 Å². The molecule has 0 aliphatic heterocycles. The number of anilines is 1. The van der Waals surface area contributed by atoms with E-state index in [9.17, 15) is 4.79 Å². The van der Waals surface area contributed by atoms with Crippen LogP contribution in [-0.2, 0) is 14.3 Å². The van der Waals surface area contributed by atoms with Gasteiger partial charge >= 0.3 is 5.97 Å². The molecule has 94 valence electrons. The average molecular weight is 238 g/mol. The van der Waals surface area contributed by atoms with Gasteiger partial charge in [-0.3, -0.25) is 4.79 Å². The van der Waals surface area contributed by atoms with Gasteiger partial charge in [-0.05, 0) is 18.6 Å². The Morgan fingerprint density at radius 2 is 2.24 bits per heavy atom. The van der Waals surface area contributed by atoms with Crippen LogP contribution >= 0.6 is 0 Å². The highest BCUT2D eigenvalue weighted by Crippen LogP contribution is 2.16. The molecule has 1 heterocycles. The number of esters is 1. The summed E-state index contributed by atoms with van der Waals surface area (Å²) in [5.41, 5.74) is 0.842. The van der Waals surface area contributed by atoms with Gasteiger partial charge in [0.15, 0.2) is 0 Å². The number of pyridine rings is 1. The quantitative estimate of drug-likeness (QED) is 0.600. The number of ether oxygens (including phenoxy) is 2. The second kappa shape index (κ2) is 6.85. The summed E-state index contributed by atoms with van der Waals surface area (Å²) in [4.78, 5) is 15.5. The summed E-state index contributed by atoms with van der Waals surface area (Å²) in [6, 6.07) is 3.70. The molecule has 5 nitrogen and oxygen atoms in total. The molecular formula is C12H18N2O3. The normalized spacial score (nSPS) is 11.9. The molecule has 0 aliphatic rings. The Bertz CT molecular complexity index is 351. The smallest absolute Gasteiger partial charge is 0.312 e. The lowest BCUT2D eigenvalue weighted by atomic mass is 10.0. The van der Waals surface area contributed by atoms with Gasteiger partial charge in [0.05, 0.1) is 19.6 Å². The van der Waals surface area contributed by atoms with Crippen molar-refractivity contribution >= 4 is 11.8 Å². The topological polar surface area (TPSA) is 60.5 Å². The molecule has 0 radical (unpaired) electrons. The molecule has 1 atom stereocenters. The molecule has 1 aromatic heterocycles. The summed E-state index contributed by atoms with van der Waals surface area (Å²) in [6.45, 7) is 3.12. The van der Waals surface area contributed by atoms with Crippen molar-refractivity contribution in [3.8, 4) is 0 Å². The molecule has 0 aliphatic carbocycles. The van der Waals surface area contributed by atoms with Crippen LogP contribution in [0.2, 0.25) is 0 Å². The van der Waals surface area contributed by atoms with E-state index in [1.54, 1.807) is 20.2 Å². The number of nitrogens with one attached hydrogen (secondary N) is 1. The van der Waals surface area contributed by atoms with Gasteiger partial charge < -0.3 is 14.8 Å². The molecule has 1 N–H and O–H groups in total. The highest BCUT2D eigenvalue weighted by atomic mass is 16.5. The van der Waals surface area contributed by atoms with E-state index in [0.717, 1.165) is 11.4 Å². The number of rotatable bonds is 6. The van der Waals surface area contributed by atoms with Crippen molar-refractivity contribution in [2.75, 3.05) is 32.7 Å². The van der Waals surface area contributed by atoms with E-state index in [1.807, 2.05) is 12.1 Å². The molecule has 1 rings (SSSR count). The SMILES string of the molecule is COCCNc1ccc([C@@H](C)C(=O)OC)cn1. The minimum Gasteiger partial charge on any atom is -0.469 e. The summed E-state index contributed by atoms with van der Waals surface area (Å²) in [6.07, 6.45) is 1.68. The van der Waals surface area contributed by atoms with Crippen LogP contribution in [0.3, 0.4) is 0 Å². The molecule has 0 spiro atoms. The molecule has 17 heavy (non-hydrogen) atoms. The minimum absolute atomic E-state index is 0.258. The summed E-state index contributed by atoms with van der Waals surface area (Å²) in [5, 5.41) is 3.10. The monoisotopic (exact) mass is 238 g/mol. The van der Waals surface area contributed by atoms with Gasteiger partial charge in [-0.15, -0.1) is 0 Å². The van der Waals surface area contributed by atoms with E-state index in [1.165, 1.54) is 7.11 Å². The van der Waals surface area contributed by atoms with E-state index in [2.05, 4.69) is 15.0 Å². The Balaban J connectivity index is 2.58. The molecule has 0 saturated carbocycles. The Morgan fingerprint density at radius 1 is 1.47 bits per heavy atom. The van der Waals surface area contributed by atoms with Crippen LogP contribution in [0.5, 0.6) is 0 Å². The Labute approximate surface area is 101 Å².